The second-order valence-electron chi connectivity index (χ2n) is 6.32. The summed E-state index contributed by atoms with van der Waals surface area (Å²) in [4.78, 5) is 8.75. The highest BCUT2D eigenvalue weighted by Gasteiger charge is 2.18. The van der Waals surface area contributed by atoms with E-state index in [0.717, 1.165) is 47.8 Å². The van der Waals surface area contributed by atoms with Crippen LogP contribution in [0.1, 0.15) is 18.0 Å². The summed E-state index contributed by atoms with van der Waals surface area (Å²) in [5.41, 5.74) is 4.44. The maximum absolute atomic E-state index is 5.53. The Bertz CT molecular complexity index is 917. The zero-order valence-electron chi connectivity index (χ0n) is 15.0. The van der Waals surface area contributed by atoms with Crippen LogP contribution in [0, 0.1) is 0 Å². The molecule has 2 aromatic heterocycles. The Morgan fingerprint density at radius 1 is 1.00 bits per heavy atom. The van der Waals surface area contributed by atoms with Crippen LogP contribution in [0.2, 0.25) is 0 Å². The van der Waals surface area contributed by atoms with E-state index in [1.54, 1.807) is 18.7 Å². The Balaban J connectivity index is 1.41. The highest BCUT2D eigenvalue weighted by atomic mass is 16.3. The van der Waals surface area contributed by atoms with Crippen LogP contribution in [0.25, 0.3) is 11.3 Å². The van der Waals surface area contributed by atoms with E-state index < -0.39 is 0 Å². The van der Waals surface area contributed by atoms with E-state index in [-0.39, 0.29) is 6.04 Å². The first-order valence-electron chi connectivity index (χ1n) is 9.13. The van der Waals surface area contributed by atoms with Crippen LogP contribution in [0.3, 0.4) is 0 Å². The van der Waals surface area contributed by atoms with Crippen molar-refractivity contribution in [2.24, 2.45) is 4.99 Å². The van der Waals surface area contributed by atoms with Crippen molar-refractivity contribution in [3.05, 3.63) is 84.5 Å². The molecule has 0 amide bonds. The van der Waals surface area contributed by atoms with E-state index in [0.29, 0.717) is 0 Å². The van der Waals surface area contributed by atoms with E-state index >= 15 is 0 Å². The lowest BCUT2D eigenvalue weighted by atomic mass is 9.98. The first-order chi connectivity index (χ1) is 13.4. The summed E-state index contributed by atoms with van der Waals surface area (Å²) in [7, 11) is 0. The SMILES string of the molecule is C1=NC(c2cccc(-c3ccco3)c2)C(NCCNc2ccncc2)=CC1. The molecule has 2 N–H and O–H groups in total. The molecular formula is C22H22N4O. The molecule has 0 spiro atoms. The Labute approximate surface area is 158 Å². The fraction of sp³-hybridized carbons (Fsp3) is 0.182. The lowest BCUT2D eigenvalue weighted by Crippen LogP contribution is -2.25. The monoisotopic (exact) mass is 358 g/mol. The summed E-state index contributed by atoms with van der Waals surface area (Å²) < 4.78 is 5.53. The predicted octanol–water partition coefficient (Wildman–Crippen LogP) is 4.44. The molecule has 3 heterocycles. The van der Waals surface area contributed by atoms with Crippen molar-refractivity contribution in [2.75, 3.05) is 18.4 Å². The van der Waals surface area contributed by atoms with Crippen LogP contribution >= 0.6 is 0 Å². The van der Waals surface area contributed by atoms with Crippen molar-refractivity contribution in [3.63, 3.8) is 0 Å². The molecule has 1 aromatic carbocycles. The lowest BCUT2D eigenvalue weighted by molar-refractivity contribution is 0.582. The number of allylic oxidation sites excluding steroid dienone is 1. The highest BCUT2D eigenvalue weighted by Crippen LogP contribution is 2.30. The van der Waals surface area contributed by atoms with Gasteiger partial charge in [-0.3, -0.25) is 9.98 Å². The van der Waals surface area contributed by atoms with Gasteiger partial charge in [-0.2, -0.15) is 0 Å². The maximum Gasteiger partial charge on any atom is 0.133 e. The summed E-state index contributed by atoms with van der Waals surface area (Å²) in [5, 5.41) is 6.93. The Hall–Kier alpha value is -3.34. The number of hydrogen-bond donors (Lipinski definition) is 2. The number of nitrogens with zero attached hydrogens (tertiary/aromatic N) is 2. The molecule has 0 saturated heterocycles. The molecule has 5 nitrogen and oxygen atoms in total. The molecule has 3 aromatic rings. The topological polar surface area (TPSA) is 62.5 Å². The number of nitrogens with one attached hydrogen (secondary N) is 2. The van der Waals surface area contributed by atoms with Crippen molar-refractivity contribution in [2.45, 2.75) is 12.5 Å². The molecule has 136 valence electrons. The molecule has 1 atom stereocenters. The van der Waals surface area contributed by atoms with Gasteiger partial charge in [-0.25, -0.2) is 0 Å². The van der Waals surface area contributed by atoms with Crippen molar-refractivity contribution in [1.82, 2.24) is 10.3 Å². The molecule has 4 rings (SSSR count). The summed E-state index contributed by atoms with van der Waals surface area (Å²) in [6.07, 6.45) is 10.3. The predicted molar refractivity (Wildman–Crippen MR) is 109 cm³/mol. The third kappa shape index (κ3) is 4.26. The van der Waals surface area contributed by atoms with E-state index in [9.17, 15) is 0 Å². The number of furan rings is 1. The van der Waals surface area contributed by atoms with Gasteiger partial charge in [-0.05, 0) is 35.9 Å². The van der Waals surface area contributed by atoms with E-state index in [2.05, 4.69) is 46.0 Å². The van der Waals surface area contributed by atoms with Gasteiger partial charge in [0.2, 0.25) is 0 Å². The fourth-order valence-corrected chi connectivity index (χ4v) is 3.16. The zero-order chi connectivity index (χ0) is 18.3. The number of rotatable bonds is 7. The minimum absolute atomic E-state index is 0.00501. The van der Waals surface area contributed by atoms with Gasteiger partial charge in [0.25, 0.3) is 0 Å². The third-order valence-corrected chi connectivity index (χ3v) is 4.46. The van der Waals surface area contributed by atoms with E-state index in [1.807, 2.05) is 30.5 Å². The average molecular weight is 358 g/mol. The quantitative estimate of drug-likeness (QED) is 0.613. The van der Waals surface area contributed by atoms with Gasteiger partial charge in [0.05, 0.1) is 6.26 Å². The van der Waals surface area contributed by atoms with E-state index in [1.165, 1.54) is 0 Å². The zero-order valence-corrected chi connectivity index (χ0v) is 15.0. The number of aliphatic imine (C=N–C) groups is 1. The molecule has 0 saturated carbocycles. The van der Waals surface area contributed by atoms with Crippen LogP contribution in [0.15, 0.2) is 88.4 Å². The van der Waals surface area contributed by atoms with Crippen molar-refractivity contribution < 1.29 is 4.42 Å². The third-order valence-electron chi connectivity index (χ3n) is 4.46. The summed E-state index contributed by atoms with van der Waals surface area (Å²) >= 11 is 0. The number of pyridine rings is 1. The normalized spacial score (nSPS) is 16.0. The van der Waals surface area contributed by atoms with Crippen LogP contribution in [0.5, 0.6) is 0 Å². The van der Waals surface area contributed by atoms with Crippen molar-refractivity contribution in [1.29, 1.82) is 0 Å². The van der Waals surface area contributed by atoms with Crippen molar-refractivity contribution >= 4 is 11.9 Å². The summed E-state index contributed by atoms with van der Waals surface area (Å²) in [6, 6.07) is 16.2. The highest BCUT2D eigenvalue weighted by molar-refractivity contribution is 5.64. The Morgan fingerprint density at radius 3 is 2.74 bits per heavy atom. The summed E-state index contributed by atoms with van der Waals surface area (Å²) in [5.74, 6) is 0.872. The molecule has 0 fully saturated rings. The average Bonchev–Trinajstić information content (AvgIpc) is 3.27. The van der Waals surface area contributed by atoms with Gasteiger partial charge in [0, 0.05) is 55.1 Å². The van der Waals surface area contributed by atoms with Crippen LogP contribution in [-0.2, 0) is 0 Å². The Morgan fingerprint density at radius 2 is 1.89 bits per heavy atom. The van der Waals surface area contributed by atoms with Gasteiger partial charge in [-0.1, -0.05) is 24.3 Å². The van der Waals surface area contributed by atoms with Crippen LogP contribution in [0.4, 0.5) is 5.69 Å². The number of dihydropyridines is 1. The smallest absolute Gasteiger partial charge is 0.133 e. The minimum Gasteiger partial charge on any atom is -0.464 e. The maximum atomic E-state index is 5.53. The largest absolute Gasteiger partial charge is 0.464 e. The number of benzene rings is 1. The second-order valence-corrected chi connectivity index (χ2v) is 6.32. The van der Waals surface area contributed by atoms with Gasteiger partial charge in [-0.15, -0.1) is 0 Å². The standard InChI is InChI=1S/C22H22N4O/c1-4-17(21-7-3-15-27-21)16-18(5-1)22-20(6-2-10-26-22)25-14-13-24-19-8-11-23-12-9-19/h1,3-12,15-16,22,25H,2,13-14H2,(H,23,24). The number of anilines is 1. The fourth-order valence-electron chi connectivity index (χ4n) is 3.16. The molecule has 0 radical (unpaired) electrons. The number of aromatic nitrogens is 1. The van der Waals surface area contributed by atoms with Crippen LogP contribution < -0.4 is 10.6 Å². The van der Waals surface area contributed by atoms with Crippen LogP contribution in [-0.4, -0.2) is 24.3 Å². The first kappa shape index (κ1) is 17.1. The van der Waals surface area contributed by atoms with Gasteiger partial charge in [0.1, 0.15) is 11.8 Å². The molecule has 0 aliphatic carbocycles. The molecule has 5 heteroatoms. The summed E-state index contributed by atoms with van der Waals surface area (Å²) in [6.45, 7) is 1.64. The van der Waals surface area contributed by atoms with Gasteiger partial charge in [0.15, 0.2) is 0 Å². The lowest BCUT2D eigenvalue weighted by Gasteiger charge is -2.22. The van der Waals surface area contributed by atoms with Gasteiger partial charge >= 0.3 is 0 Å². The molecular weight excluding hydrogens is 336 g/mol. The molecule has 1 aliphatic heterocycles. The second kappa shape index (κ2) is 8.36. The van der Waals surface area contributed by atoms with Gasteiger partial charge < -0.3 is 15.1 Å². The molecule has 0 bridgehead atoms. The molecule has 1 aliphatic rings. The number of hydrogen-bond acceptors (Lipinski definition) is 5. The molecule has 1 unspecified atom stereocenters. The molecule has 27 heavy (non-hydrogen) atoms. The Kier molecular flexibility index (Phi) is 5.29. The van der Waals surface area contributed by atoms with Crippen molar-refractivity contribution in [3.8, 4) is 11.3 Å². The minimum atomic E-state index is -0.00501. The first-order valence-corrected chi connectivity index (χ1v) is 9.13. The van der Waals surface area contributed by atoms with E-state index in [4.69, 9.17) is 9.41 Å².